The topological polar surface area (TPSA) is 70.6 Å². The van der Waals surface area contributed by atoms with Gasteiger partial charge in [0.2, 0.25) is 15.9 Å². The van der Waals surface area contributed by atoms with Gasteiger partial charge in [0, 0.05) is 25.4 Å². The predicted molar refractivity (Wildman–Crippen MR) is 94.6 cm³/mol. The maximum atomic E-state index is 13.2. The lowest BCUT2D eigenvalue weighted by Crippen LogP contribution is -2.46. The molecule has 6 nitrogen and oxygen atoms in total. The van der Waals surface area contributed by atoms with Gasteiger partial charge in [0.25, 0.3) is 0 Å². The molecule has 1 saturated heterocycles. The summed E-state index contributed by atoms with van der Waals surface area (Å²) in [6.07, 6.45) is 0.603. The van der Waals surface area contributed by atoms with Crippen LogP contribution in [0.1, 0.15) is 29.6 Å². The van der Waals surface area contributed by atoms with E-state index in [4.69, 9.17) is 0 Å². The maximum Gasteiger partial charge on any atom is 0.244 e. The number of aromatic nitrogens is 1. The molecule has 1 atom stereocenters. The number of likely N-dealkylation sites (tertiary alicyclic amines) is 1. The number of thiazole rings is 1. The highest BCUT2D eigenvalue weighted by atomic mass is 32.2. The van der Waals surface area contributed by atoms with Gasteiger partial charge < -0.3 is 4.90 Å². The third kappa shape index (κ3) is 2.43. The Kier molecular flexibility index (Phi) is 3.75. The number of carbonyl (C=O) groups excluding carboxylic acids is 1. The minimum absolute atomic E-state index is 0.0249. The summed E-state index contributed by atoms with van der Waals surface area (Å²) >= 11 is 1.51. The lowest BCUT2D eigenvalue weighted by atomic mass is 9.89. The van der Waals surface area contributed by atoms with Crippen LogP contribution < -0.4 is 0 Å². The number of fused-ring (bicyclic) bond motifs is 2. The fourth-order valence-corrected chi connectivity index (χ4v) is 6.55. The van der Waals surface area contributed by atoms with Crippen LogP contribution in [0.3, 0.4) is 0 Å². The summed E-state index contributed by atoms with van der Waals surface area (Å²) in [5.74, 6) is -0.0249. The lowest BCUT2D eigenvalue weighted by molar-refractivity contribution is -0.128. The molecule has 25 heavy (non-hydrogen) atoms. The molecule has 8 heteroatoms. The van der Waals surface area contributed by atoms with Crippen molar-refractivity contribution < 1.29 is 13.2 Å². The molecule has 3 heterocycles. The molecule has 0 unspecified atom stereocenters. The second-order valence-electron chi connectivity index (χ2n) is 6.59. The Balaban J connectivity index is 1.84. The Labute approximate surface area is 151 Å². The molecule has 0 saturated carbocycles. The predicted octanol–water partition coefficient (Wildman–Crippen LogP) is 2.10. The van der Waals surface area contributed by atoms with E-state index < -0.39 is 15.6 Å². The molecule has 2 aromatic rings. The minimum atomic E-state index is -3.62. The summed E-state index contributed by atoms with van der Waals surface area (Å²) in [7, 11) is -3.62. The minimum Gasteiger partial charge on any atom is -0.341 e. The van der Waals surface area contributed by atoms with E-state index >= 15 is 0 Å². The molecule has 4 rings (SSSR count). The highest BCUT2D eigenvalue weighted by Gasteiger charge is 2.57. The Morgan fingerprint density at radius 1 is 1.36 bits per heavy atom. The summed E-state index contributed by atoms with van der Waals surface area (Å²) in [5.41, 5.74) is 0.851. The van der Waals surface area contributed by atoms with Crippen molar-refractivity contribution in [2.75, 3.05) is 13.1 Å². The molecule has 0 N–H and O–H groups in total. The van der Waals surface area contributed by atoms with E-state index in [9.17, 15) is 13.2 Å². The van der Waals surface area contributed by atoms with Gasteiger partial charge in [0.05, 0.1) is 27.7 Å². The molecular formula is C17H19N3O3S2. The molecule has 1 aromatic heterocycles. The largest absolute Gasteiger partial charge is 0.341 e. The van der Waals surface area contributed by atoms with E-state index in [2.05, 4.69) is 4.98 Å². The molecule has 1 spiro atoms. The summed E-state index contributed by atoms with van der Waals surface area (Å²) in [5, 5.41) is 2.81. The fraction of sp³-hybridized carbons (Fsp3) is 0.412. The number of amides is 1. The molecule has 1 fully saturated rings. The standard InChI is InChI=1S/C17H19N3O3S2/c1-12-18-14(10-24-12)9-20-17(7-8-19(11-17)13(2)21)15-5-3-4-6-16(15)25(20,22)23/h3-6,10H,7-9,11H2,1-2H3/t17-/m1/s1. The second-order valence-corrected chi connectivity index (χ2v) is 9.48. The highest BCUT2D eigenvalue weighted by Crippen LogP contribution is 2.50. The van der Waals surface area contributed by atoms with Gasteiger partial charge in [0.1, 0.15) is 0 Å². The summed E-state index contributed by atoms with van der Waals surface area (Å²) in [6.45, 7) is 4.62. The highest BCUT2D eigenvalue weighted by molar-refractivity contribution is 7.89. The molecule has 0 radical (unpaired) electrons. The van der Waals surface area contributed by atoms with Crippen LogP contribution in [0.15, 0.2) is 34.5 Å². The van der Waals surface area contributed by atoms with Gasteiger partial charge in [-0.3, -0.25) is 4.79 Å². The molecule has 2 aliphatic rings. The SMILES string of the molecule is CC(=O)N1CC[C@@]2(C1)c1ccccc1S(=O)(=O)N2Cc1csc(C)n1. The zero-order chi connectivity index (χ0) is 17.8. The van der Waals surface area contributed by atoms with Crippen LogP contribution in [0.4, 0.5) is 0 Å². The molecule has 132 valence electrons. The Morgan fingerprint density at radius 2 is 2.12 bits per heavy atom. The van der Waals surface area contributed by atoms with Gasteiger partial charge in [0.15, 0.2) is 0 Å². The zero-order valence-electron chi connectivity index (χ0n) is 14.1. The van der Waals surface area contributed by atoms with Gasteiger partial charge >= 0.3 is 0 Å². The van der Waals surface area contributed by atoms with Crippen molar-refractivity contribution >= 4 is 27.3 Å². The van der Waals surface area contributed by atoms with E-state index in [0.29, 0.717) is 24.4 Å². The van der Waals surface area contributed by atoms with E-state index in [1.54, 1.807) is 21.3 Å². The lowest BCUT2D eigenvalue weighted by Gasteiger charge is -2.33. The van der Waals surface area contributed by atoms with Crippen LogP contribution >= 0.6 is 11.3 Å². The number of aryl methyl sites for hydroxylation is 1. The maximum absolute atomic E-state index is 13.2. The quantitative estimate of drug-likeness (QED) is 0.804. The zero-order valence-corrected chi connectivity index (χ0v) is 15.7. The van der Waals surface area contributed by atoms with Crippen LogP contribution in [0.25, 0.3) is 0 Å². The van der Waals surface area contributed by atoms with Crippen molar-refractivity contribution in [3.05, 3.63) is 45.9 Å². The van der Waals surface area contributed by atoms with Crippen LogP contribution in [-0.2, 0) is 26.9 Å². The van der Waals surface area contributed by atoms with E-state index in [1.165, 1.54) is 18.3 Å². The van der Waals surface area contributed by atoms with Gasteiger partial charge in [-0.1, -0.05) is 18.2 Å². The molecule has 0 aliphatic carbocycles. The van der Waals surface area contributed by atoms with Gasteiger partial charge in [-0.25, -0.2) is 13.4 Å². The molecular weight excluding hydrogens is 358 g/mol. The number of hydrogen-bond donors (Lipinski definition) is 0. The Hall–Kier alpha value is -1.77. The third-order valence-electron chi connectivity index (χ3n) is 5.10. The average molecular weight is 377 g/mol. The Bertz CT molecular complexity index is 954. The van der Waals surface area contributed by atoms with Crippen molar-refractivity contribution in [1.29, 1.82) is 0 Å². The smallest absolute Gasteiger partial charge is 0.244 e. The monoisotopic (exact) mass is 377 g/mol. The van der Waals surface area contributed by atoms with Crippen molar-refractivity contribution in [1.82, 2.24) is 14.2 Å². The number of nitrogens with zero attached hydrogens (tertiary/aromatic N) is 3. The number of hydrogen-bond acceptors (Lipinski definition) is 5. The summed E-state index contributed by atoms with van der Waals surface area (Å²) in [4.78, 5) is 18.4. The van der Waals surface area contributed by atoms with Crippen molar-refractivity contribution in [3.63, 3.8) is 0 Å². The number of sulfonamides is 1. The first-order chi connectivity index (χ1) is 11.8. The summed E-state index contributed by atoms with van der Waals surface area (Å²) < 4.78 is 28.0. The fourth-order valence-electron chi connectivity index (χ4n) is 3.91. The molecule has 1 amide bonds. The number of benzene rings is 1. The van der Waals surface area contributed by atoms with Crippen LogP contribution in [-0.4, -0.2) is 41.6 Å². The van der Waals surface area contributed by atoms with Crippen molar-refractivity contribution in [2.45, 2.75) is 37.2 Å². The van der Waals surface area contributed by atoms with Gasteiger partial charge in [-0.2, -0.15) is 4.31 Å². The average Bonchev–Trinajstić information content (AvgIpc) is 3.23. The molecule has 2 aliphatic heterocycles. The van der Waals surface area contributed by atoms with E-state index in [0.717, 1.165) is 16.3 Å². The van der Waals surface area contributed by atoms with Gasteiger partial charge in [-0.05, 0) is 25.0 Å². The van der Waals surface area contributed by atoms with Crippen LogP contribution in [0, 0.1) is 6.92 Å². The van der Waals surface area contributed by atoms with Gasteiger partial charge in [-0.15, -0.1) is 11.3 Å². The van der Waals surface area contributed by atoms with Crippen molar-refractivity contribution in [3.8, 4) is 0 Å². The summed E-state index contributed by atoms with van der Waals surface area (Å²) in [6, 6.07) is 7.15. The first-order valence-electron chi connectivity index (χ1n) is 8.13. The first-order valence-corrected chi connectivity index (χ1v) is 10.5. The normalized spacial score (nSPS) is 24.8. The second kappa shape index (κ2) is 5.62. The van der Waals surface area contributed by atoms with Crippen LogP contribution in [0.2, 0.25) is 0 Å². The van der Waals surface area contributed by atoms with E-state index in [-0.39, 0.29) is 12.5 Å². The Morgan fingerprint density at radius 3 is 2.76 bits per heavy atom. The number of rotatable bonds is 2. The number of carbonyl (C=O) groups is 1. The first kappa shape index (κ1) is 16.7. The third-order valence-corrected chi connectivity index (χ3v) is 7.89. The molecule has 0 bridgehead atoms. The van der Waals surface area contributed by atoms with Crippen LogP contribution in [0.5, 0.6) is 0 Å². The van der Waals surface area contributed by atoms with Crippen molar-refractivity contribution in [2.24, 2.45) is 0 Å². The van der Waals surface area contributed by atoms with E-state index in [1.807, 2.05) is 24.4 Å². The molecule has 1 aromatic carbocycles.